The van der Waals surface area contributed by atoms with Crippen molar-refractivity contribution in [2.45, 2.75) is 12.5 Å². The van der Waals surface area contributed by atoms with Gasteiger partial charge in [0.2, 0.25) is 0 Å². The Balaban J connectivity index is 0.000000845. The number of halogens is 3. The van der Waals surface area contributed by atoms with Crippen molar-refractivity contribution in [3.63, 3.8) is 0 Å². The maximum Gasteiger partial charge on any atom is 0.0454 e. The Labute approximate surface area is 97.4 Å². The fourth-order valence-corrected chi connectivity index (χ4v) is 1.96. The summed E-state index contributed by atoms with van der Waals surface area (Å²) in [5, 5.41) is 4.18. The monoisotopic (exact) mass is 281 g/mol. The van der Waals surface area contributed by atoms with E-state index in [0.717, 1.165) is 16.0 Å². The van der Waals surface area contributed by atoms with Gasteiger partial charge in [-0.15, -0.1) is 12.4 Å². The van der Waals surface area contributed by atoms with Gasteiger partial charge < -0.3 is 5.32 Å². The second-order valence-electron chi connectivity index (χ2n) is 2.96. The molecule has 1 N–H and O–H groups in total. The molecule has 0 spiro atoms. The molecule has 1 aromatic carbocycles. The minimum atomic E-state index is 0. The minimum Gasteiger partial charge on any atom is -0.310 e. The summed E-state index contributed by atoms with van der Waals surface area (Å²) in [6, 6.07) is 6.44. The van der Waals surface area contributed by atoms with Crippen LogP contribution < -0.4 is 5.32 Å². The van der Waals surface area contributed by atoms with Crippen LogP contribution >= 0.6 is 39.9 Å². The molecule has 1 nitrogen and oxygen atoms in total. The lowest BCUT2D eigenvalue weighted by Crippen LogP contribution is -2.35. The van der Waals surface area contributed by atoms with Crippen LogP contribution in [0.5, 0.6) is 0 Å². The molecule has 0 saturated carbocycles. The maximum atomic E-state index is 6.04. The first-order valence-electron chi connectivity index (χ1n) is 3.96. The summed E-state index contributed by atoms with van der Waals surface area (Å²) < 4.78 is 1.09. The van der Waals surface area contributed by atoms with Crippen molar-refractivity contribution in [1.82, 2.24) is 5.32 Å². The number of hydrogen-bond acceptors (Lipinski definition) is 1. The smallest absolute Gasteiger partial charge is 0.0454 e. The van der Waals surface area contributed by atoms with E-state index in [9.17, 15) is 0 Å². The summed E-state index contributed by atoms with van der Waals surface area (Å²) in [7, 11) is 0. The van der Waals surface area contributed by atoms with Crippen molar-refractivity contribution in [1.29, 1.82) is 0 Å². The maximum absolute atomic E-state index is 6.04. The molecule has 4 heteroatoms. The van der Waals surface area contributed by atoms with Gasteiger partial charge in [0.05, 0.1) is 0 Å². The number of nitrogens with one attached hydrogen (secondary N) is 1. The van der Waals surface area contributed by atoms with Crippen LogP contribution in [0.3, 0.4) is 0 Å². The summed E-state index contributed by atoms with van der Waals surface area (Å²) in [5.41, 5.74) is 1.21. The molecule has 1 fully saturated rings. The summed E-state index contributed by atoms with van der Waals surface area (Å²) in [6.07, 6.45) is 1.19. The van der Waals surface area contributed by atoms with E-state index in [1.165, 1.54) is 12.0 Å². The highest BCUT2D eigenvalue weighted by Crippen LogP contribution is 2.31. The highest BCUT2D eigenvalue weighted by atomic mass is 79.9. The number of rotatable bonds is 1. The average Bonchev–Trinajstić information content (AvgIpc) is 1.93. The van der Waals surface area contributed by atoms with Crippen LogP contribution in [0.4, 0.5) is 0 Å². The van der Waals surface area contributed by atoms with Gasteiger partial charge in [-0.25, -0.2) is 0 Å². The van der Waals surface area contributed by atoms with E-state index >= 15 is 0 Å². The first-order valence-corrected chi connectivity index (χ1v) is 5.13. The summed E-state index contributed by atoms with van der Waals surface area (Å²) in [5.74, 6) is 0. The molecule has 2 rings (SSSR count). The van der Waals surface area contributed by atoms with E-state index in [1.54, 1.807) is 0 Å². The summed E-state index contributed by atoms with van der Waals surface area (Å²) in [6.45, 7) is 1.10. The second kappa shape index (κ2) is 4.65. The third-order valence-electron chi connectivity index (χ3n) is 2.16. The van der Waals surface area contributed by atoms with Gasteiger partial charge in [0.1, 0.15) is 0 Å². The van der Waals surface area contributed by atoms with E-state index in [-0.39, 0.29) is 12.4 Å². The average molecular weight is 283 g/mol. The molecule has 0 bridgehead atoms. The van der Waals surface area contributed by atoms with Crippen LogP contribution in [0.15, 0.2) is 22.7 Å². The fourth-order valence-electron chi connectivity index (χ4n) is 1.34. The van der Waals surface area contributed by atoms with E-state index in [4.69, 9.17) is 11.6 Å². The molecular formula is C9H10BrCl2N. The van der Waals surface area contributed by atoms with E-state index in [0.29, 0.717) is 6.04 Å². The van der Waals surface area contributed by atoms with Crippen LogP contribution in [0.2, 0.25) is 5.02 Å². The molecule has 1 aliphatic heterocycles. The standard InChI is InChI=1S/C9H9BrClN.ClH/c10-6-1-2-8(11)7(5-6)9-3-4-12-9;/h1-2,5,9,12H,3-4H2;1H/t9-;/m0./s1. The van der Waals surface area contributed by atoms with Crippen molar-refractivity contribution in [3.05, 3.63) is 33.3 Å². The molecule has 1 saturated heterocycles. The van der Waals surface area contributed by atoms with Crippen molar-refractivity contribution < 1.29 is 0 Å². The van der Waals surface area contributed by atoms with Gasteiger partial charge in [-0.1, -0.05) is 27.5 Å². The van der Waals surface area contributed by atoms with Gasteiger partial charge in [0, 0.05) is 15.5 Å². The molecule has 1 aliphatic rings. The van der Waals surface area contributed by atoms with Crippen LogP contribution in [0.1, 0.15) is 18.0 Å². The van der Waals surface area contributed by atoms with Gasteiger partial charge in [-0.3, -0.25) is 0 Å². The first kappa shape index (κ1) is 11.3. The lowest BCUT2D eigenvalue weighted by molar-refractivity contribution is 0.383. The molecule has 72 valence electrons. The Hall–Kier alpha value is 0.240. The molecule has 1 heterocycles. The quantitative estimate of drug-likeness (QED) is 0.831. The van der Waals surface area contributed by atoms with E-state index in [2.05, 4.69) is 27.3 Å². The van der Waals surface area contributed by atoms with Crippen LogP contribution in [0.25, 0.3) is 0 Å². The van der Waals surface area contributed by atoms with Crippen molar-refractivity contribution in [2.24, 2.45) is 0 Å². The zero-order chi connectivity index (χ0) is 8.55. The zero-order valence-electron chi connectivity index (χ0n) is 6.89. The predicted molar refractivity (Wildman–Crippen MR) is 61.8 cm³/mol. The molecule has 0 aliphatic carbocycles. The Morgan fingerprint density at radius 2 is 2.15 bits per heavy atom. The SMILES string of the molecule is Cl.Clc1ccc(Br)cc1[C@@H]1CCN1. The highest BCUT2D eigenvalue weighted by Gasteiger charge is 2.20. The minimum absolute atomic E-state index is 0. The molecule has 13 heavy (non-hydrogen) atoms. The topological polar surface area (TPSA) is 12.0 Å². The van der Waals surface area contributed by atoms with E-state index in [1.807, 2.05) is 12.1 Å². The predicted octanol–water partition coefficient (Wildman–Crippen LogP) is 3.56. The van der Waals surface area contributed by atoms with Crippen molar-refractivity contribution in [2.75, 3.05) is 6.54 Å². The largest absolute Gasteiger partial charge is 0.310 e. The van der Waals surface area contributed by atoms with Gasteiger partial charge in [0.15, 0.2) is 0 Å². The second-order valence-corrected chi connectivity index (χ2v) is 4.28. The summed E-state index contributed by atoms with van der Waals surface area (Å²) in [4.78, 5) is 0. The van der Waals surface area contributed by atoms with Crippen molar-refractivity contribution >= 4 is 39.9 Å². The number of hydrogen-bond donors (Lipinski definition) is 1. The van der Waals surface area contributed by atoms with Crippen LogP contribution in [-0.4, -0.2) is 6.54 Å². The number of benzene rings is 1. The van der Waals surface area contributed by atoms with E-state index < -0.39 is 0 Å². The molecule has 0 aromatic heterocycles. The molecule has 0 amide bonds. The Kier molecular flexibility index (Phi) is 4.05. The fraction of sp³-hybridized carbons (Fsp3) is 0.333. The Morgan fingerprint density at radius 3 is 2.69 bits per heavy atom. The van der Waals surface area contributed by atoms with Gasteiger partial charge in [0.25, 0.3) is 0 Å². The van der Waals surface area contributed by atoms with Gasteiger partial charge >= 0.3 is 0 Å². The third kappa shape index (κ3) is 2.38. The molecule has 1 aromatic rings. The lowest BCUT2D eigenvalue weighted by Gasteiger charge is -2.28. The van der Waals surface area contributed by atoms with Gasteiger partial charge in [-0.2, -0.15) is 0 Å². The molecule has 0 unspecified atom stereocenters. The normalized spacial score (nSPS) is 20.3. The van der Waals surface area contributed by atoms with Crippen LogP contribution in [0, 0.1) is 0 Å². The first-order chi connectivity index (χ1) is 5.77. The Morgan fingerprint density at radius 1 is 1.46 bits per heavy atom. The zero-order valence-corrected chi connectivity index (χ0v) is 10.0. The van der Waals surface area contributed by atoms with Gasteiger partial charge in [-0.05, 0) is 36.7 Å². The highest BCUT2D eigenvalue weighted by molar-refractivity contribution is 9.10. The lowest BCUT2D eigenvalue weighted by atomic mass is 9.98. The van der Waals surface area contributed by atoms with Crippen LogP contribution in [-0.2, 0) is 0 Å². The third-order valence-corrected chi connectivity index (χ3v) is 2.99. The van der Waals surface area contributed by atoms with Crippen molar-refractivity contribution in [3.8, 4) is 0 Å². The molecule has 0 radical (unpaired) electrons. The Bertz CT molecular complexity index is 300. The molecule has 1 atom stereocenters. The summed E-state index contributed by atoms with van der Waals surface area (Å²) >= 11 is 9.47. The molecular weight excluding hydrogens is 273 g/mol.